The number of anilines is 1. The second-order valence-corrected chi connectivity index (χ2v) is 3.43. The largest absolute Gasteiger partial charge is 0.496 e. The lowest BCUT2D eigenvalue weighted by Gasteiger charge is -2.09. The third kappa shape index (κ3) is 1.75. The molecule has 5 nitrogen and oxygen atoms in total. The molecule has 0 aliphatic heterocycles. The lowest BCUT2D eigenvalue weighted by molar-refractivity contribution is 0.0602. The third-order valence-electron chi connectivity index (χ3n) is 2.54. The number of nitrogen functional groups attached to an aromatic ring is 1. The normalized spacial score (nSPS) is 10.2. The smallest absolute Gasteiger partial charge is 0.340 e. The first-order valence-electron chi connectivity index (χ1n) is 4.98. The fraction of sp³-hybridized carbons (Fsp3) is 0.167. The maximum Gasteiger partial charge on any atom is 0.340 e. The number of hydrogen-bond acceptors (Lipinski definition) is 5. The van der Waals surface area contributed by atoms with Crippen molar-refractivity contribution >= 4 is 22.6 Å². The Bertz CT molecular complexity index is 581. The summed E-state index contributed by atoms with van der Waals surface area (Å²) in [6.07, 6.45) is 1.58. The van der Waals surface area contributed by atoms with E-state index in [2.05, 4.69) is 9.72 Å². The molecule has 0 aliphatic carbocycles. The van der Waals surface area contributed by atoms with Gasteiger partial charge in [0.1, 0.15) is 5.75 Å². The van der Waals surface area contributed by atoms with Crippen molar-refractivity contribution in [3.63, 3.8) is 0 Å². The third-order valence-corrected chi connectivity index (χ3v) is 2.54. The van der Waals surface area contributed by atoms with E-state index in [9.17, 15) is 4.79 Å². The van der Waals surface area contributed by atoms with Crippen molar-refractivity contribution in [2.75, 3.05) is 20.0 Å². The highest BCUT2D eigenvalue weighted by atomic mass is 16.5. The van der Waals surface area contributed by atoms with Crippen LogP contribution in [0, 0.1) is 0 Å². The molecule has 2 rings (SSSR count). The van der Waals surface area contributed by atoms with Crippen molar-refractivity contribution in [2.24, 2.45) is 0 Å². The van der Waals surface area contributed by atoms with Crippen molar-refractivity contribution < 1.29 is 14.3 Å². The predicted molar refractivity (Wildman–Crippen MR) is 64.0 cm³/mol. The molecule has 0 aliphatic rings. The number of fused-ring (bicyclic) bond motifs is 1. The number of benzene rings is 1. The van der Waals surface area contributed by atoms with E-state index in [0.717, 1.165) is 5.39 Å². The first-order chi connectivity index (χ1) is 8.19. The summed E-state index contributed by atoms with van der Waals surface area (Å²) in [7, 11) is 2.88. The van der Waals surface area contributed by atoms with E-state index in [1.165, 1.54) is 7.11 Å². The van der Waals surface area contributed by atoms with Crippen LogP contribution in [0.1, 0.15) is 10.4 Å². The molecule has 1 heterocycles. The Morgan fingerprint density at radius 1 is 1.29 bits per heavy atom. The summed E-state index contributed by atoms with van der Waals surface area (Å²) < 4.78 is 9.84. The van der Waals surface area contributed by atoms with Crippen LogP contribution in [0.15, 0.2) is 24.4 Å². The molecule has 0 unspecified atom stereocenters. The predicted octanol–water partition coefficient (Wildman–Crippen LogP) is 1.61. The van der Waals surface area contributed by atoms with Crippen LogP contribution in [-0.4, -0.2) is 25.2 Å². The van der Waals surface area contributed by atoms with E-state index in [-0.39, 0.29) is 0 Å². The Labute approximate surface area is 98.2 Å². The van der Waals surface area contributed by atoms with Crippen molar-refractivity contribution in [1.82, 2.24) is 4.98 Å². The molecule has 0 spiro atoms. The molecule has 0 atom stereocenters. The van der Waals surface area contributed by atoms with E-state index in [0.29, 0.717) is 22.5 Å². The van der Waals surface area contributed by atoms with E-state index >= 15 is 0 Å². The van der Waals surface area contributed by atoms with Crippen LogP contribution in [0.4, 0.5) is 5.69 Å². The first-order valence-corrected chi connectivity index (χ1v) is 4.98. The van der Waals surface area contributed by atoms with Gasteiger partial charge in [-0.25, -0.2) is 4.79 Å². The monoisotopic (exact) mass is 232 g/mol. The number of pyridine rings is 1. The number of nitrogens with zero attached hydrogens (tertiary/aromatic N) is 1. The van der Waals surface area contributed by atoms with Gasteiger partial charge in [-0.3, -0.25) is 4.98 Å². The number of carbonyl (C=O) groups is 1. The first kappa shape index (κ1) is 11.2. The summed E-state index contributed by atoms with van der Waals surface area (Å²) in [5, 5.41) is 0.764. The van der Waals surface area contributed by atoms with Crippen LogP contribution >= 0.6 is 0 Å². The molecule has 0 radical (unpaired) electrons. The fourth-order valence-electron chi connectivity index (χ4n) is 1.68. The van der Waals surface area contributed by atoms with Gasteiger partial charge in [0.05, 0.1) is 31.0 Å². The summed E-state index contributed by atoms with van der Waals surface area (Å²) in [6.45, 7) is 0. The number of methoxy groups -OCH3 is 2. The van der Waals surface area contributed by atoms with E-state index in [1.54, 1.807) is 31.5 Å². The Morgan fingerprint density at radius 3 is 2.71 bits per heavy atom. The number of nitrogens with two attached hydrogens (primary N) is 1. The van der Waals surface area contributed by atoms with Gasteiger partial charge >= 0.3 is 5.97 Å². The van der Waals surface area contributed by atoms with Gasteiger partial charge in [-0.15, -0.1) is 0 Å². The average molecular weight is 232 g/mol. The van der Waals surface area contributed by atoms with Crippen LogP contribution in [0.25, 0.3) is 10.9 Å². The standard InChI is InChI=1S/C12H12N2O3/c1-16-9-5-6-14-11-7(9)3-4-8(10(11)13)12(15)17-2/h3-6H,13H2,1-2H3. The van der Waals surface area contributed by atoms with Gasteiger partial charge in [-0.1, -0.05) is 0 Å². The van der Waals surface area contributed by atoms with Gasteiger partial charge in [0, 0.05) is 11.6 Å². The molecule has 0 bridgehead atoms. The van der Waals surface area contributed by atoms with Crippen molar-refractivity contribution in [1.29, 1.82) is 0 Å². The molecular weight excluding hydrogens is 220 g/mol. The Hall–Kier alpha value is -2.30. The lowest BCUT2D eigenvalue weighted by Crippen LogP contribution is -2.06. The number of carbonyl (C=O) groups excluding carboxylic acids is 1. The zero-order valence-electron chi connectivity index (χ0n) is 9.56. The summed E-state index contributed by atoms with van der Waals surface area (Å²) in [5.74, 6) is 0.187. The molecule has 2 aromatic rings. The number of hydrogen-bond donors (Lipinski definition) is 1. The Kier molecular flexibility index (Phi) is 2.82. The van der Waals surface area contributed by atoms with Gasteiger partial charge in [-0.05, 0) is 18.2 Å². The van der Waals surface area contributed by atoms with Crippen molar-refractivity contribution in [2.45, 2.75) is 0 Å². The van der Waals surface area contributed by atoms with E-state index in [1.807, 2.05) is 0 Å². The Balaban J connectivity index is 2.72. The maximum absolute atomic E-state index is 11.5. The SMILES string of the molecule is COC(=O)c1ccc2c(OC)ccnc2c1N. The van der Waals surface area contributed by atoms with Gasteiger partial charge in [0.15, 0.2) is 0 Å². The lowest BCUT2D eigenvalue weighted by atomic mass is 10.1. The molecule has 2 N–H and O–H groups in total. The minimum Gasteiger partial charge on any atom is -0.496 e. The van der Waals surface area contributed by atoms with Gasteiger partial charge in [0.25, 0.3) is 0 Å². The molecular formula is C12H12N2O3. The minimum absolute atomic E-state index is 0.299. The molecule has 1 aromatic heterocycles. The average Bonchev–Trinajstić information content (AvgIpc) is 2.38. The van der Waals surface area contributed by atoms with E-state index < -0.39 is 5.97 Å². The molecule has 0 saturated carbocycles. The minimum atomic E-state index is -0.478. The highest BCUT2D eigenvalue weighted by Crippen LogP contribution is 2.29. The van der Waals surface area contributed by atoms with Crippen LogP contribution < -0.4 is 10.5 Å². The molecule has 88 valence electrons. The van der Waals surface area contributed by atoms with Gasteiger partial charge in [0.2, 0.25) is 0 Å². The van der Waals surface area contributed by atoms with Crippen LogP contribution in [-0.2, 0) is 4.74 Å². The number of aromatic nitrogens is 1. The van der Waals surface area contributed by atoms with Crippen LogP contribution in [0.3, 0.4) is 0 Å². The summed E-state index contributed by atoms with van der Waals surface area (Å²) in [5.41, 5.74) is 7.04. The van der Waals surface area contributed by atoms with Crippen LogP contribution in [0.2, 0.25) is 0 Å². The molecule has 1 aromatic carbocycles. The zero-order chi connectivity index (χ0) is 12.4. The summed E-state index contributed by atoms with van der Waals surface area (Å²) >= 11 is 0. The molecule has 0 amide bonds. The van der Waals surface area contributed by atoms with Gasteiger partial charge < -0.3 is 15.2 Å². The molecule has 5 heteroatoms. The topological polar surface area (TPSA) is 74.4 Å². The quantitative estimate of drug-likeness (QED) is 0.629. The molecule has 17 heavy (non-hydrogen) atoms. The number of esters is 1. The highest BCUT2D eigenvalue weighted by Gasteiger charge is 2.14. The van der Waals surface area contributed by atoms with Crippen molar-refractivity contribution in [3.05, 3.63) is 30.0 Å². The highest BCUT2D eigenvalue weighted by molar-refractivity contribution is 6.05. The summed E-state index contributed by atoms with van der Waals surface area (Å²) in [6, 6.07) is 5.08. The number of ether oxygens (including phenoxy) is 2. The van der Waals surface area contributed by atoms with E-state index in [4.69, 9.17) is 10.5 Å². The zero-order valence-corrected chi connectivity index (χ0v) is 9.56. The molecule has 0 fully saturated rings. The van der Waals surface area contributed by atoms with Crippen molar-refractivity contribution in [3.8, 4) is 5.75 Å². The Morgan fingerprint density at radius 2 is 2.06 bits per heavy atom. The maximum atomic E-state index is 11.5. The second-order valence-electron chi connectivity index (χ2n) is 3.43. The van der Waals surface area contributed by atoms with Crippen LogP contribution in [0.5, 0.6) is 5.75 Å². The van der Waals surface area contributed by atoms with Gasteiger partial charge in [-0.2, -0.15) is 0 Å². The number of rotatable bonds is 2. The summed E-state index contributed by atoms with van der Waals surface area (Å²) in [4.78, 5) is 15.6. The second kappa shape index (κ2) is 4.29. The molecule has 0 saturated heterocycles. The fourth-order valence-corrected chi connectivity index (χ4v) is 1.68.